The molecule has 2 aromatic carbocycles. The Kier molecular flexibility index (Phi) is 6.16. The normalized spacial score (nSPS) is 12.1. The smallest absolute Gasteiger partial charge is 0.339 e. The van der Waals surface area contributed by atoms with Crippen molar-refractivity contribution >= 4 is 10.1 Å². The fourth-order valence-electron chi connectivity index (χ4n) is 2.87. The molecule has 0 aliphatic carbocycles. The van der Waals surface area contributed by atoms with Crippen LogP contribution in [-0.4, -0.2) is 24.5 Å². The summed E-state index contributed by atoms with van der Waals surface area (Å²) in [6.45, 7) is 5.96. The maximum atomic E-state index is 12.3. The average molecular weight is 400 g/mol. The van der Waals surface area contributed by atoms with E-state index in [2.05, 4.69) is 24.1 Å². The third-order valence-electron chi connectivity index (χ3n) is 4.53. The summed E-state index contributed by atoms with van der Waals surface area (Å²) in [6.07, 6.45) is 6.52. The monoisotopic (exact) mass is 399 g/mol. The fourth-order valence-corrected chi connectivity index (χ4v) is 3.82. The molecule has 0 unspecified atom stereocenters. The van der Waals surface area contributed by atoms with E-state index in [1.54, 1.807) is 36.5 Å². The second kappa shape index (κ2) is 8.58. The van der Waals surface area contributed by atoms with E-state index in [0.717, 1.165) is 25.1 Å². The van der Waals surface area contributed by atoms with Crippen LogP contribution in [0.5, 0.6) is 5.75 Å². The predicted molar refractivity (Wildman–Crippen MR) is 109 cm³/mol. The Morgan fingerprint density at radius 1 is 1.07 bits per heavy atom. The molecule has 1 N–H and O–H groups in total. The van der Waals surface area contributed by atoms with Crippen LogP contribution < -0.4 is 9.50 Å². The van der Waals surface area contributed by atoms with Gasteiger partial charge < -0.3 is 14.1 Å². The fraction of sp³-hybridized carbons (Fsp3) is 0.286. The highest BCUT2D eigenvalue weighted by Crippen LogP contribution is 2.24. The third-order valence-corrected chi connectivity index (χ3v) is 5.79. The molecule has 0 bridgehead atoms. The topological polar surface area (TPSA) is 73.2 Å². The number of aromatic nitrogens is 2. The third kappa shape index (κ3) is 5.21. The van der Waals surface area contributed by atoms with Crippen LogP contribution in [0.25, 0.3) is 0 Å². The van der Waals surface area contributed by atoms with Gasteiger partial charge in [-0.25, -0.2) is 4.98 Å². The van der Waals surface area contributed by atoms with Gasteiger partial charge in [-0.05, 0) is 56.6 Å². The van der Waals surface area contributed by atoms with E-state index in [1.807, 2.05) is 29.2 Å². The Hall–Kier alpha value is -2.64. The highest BCUT2D eigenvalue weighted by atomic mass is 32.2. The molecule has 0 fully saturated rings. The minimum atomic E-state index is -3.82. The summed E-state index contributed by atoms with van der Waals surface area (Å²) in [7, 11) is -3.82. The lowest BCUT2D eigenvalue weighted by Crippen LogP contribution is -2.37. The molecule has 0 aliphatic rings. The van der Waals surface area contributed by atoms with Crippen molar-refractivity contribution in [2.75, 3.05) is 6.54 Å². The Morgan fingerprint density at radius 2 is 1.79 bits per heavy atom. The van der Waals surface area contributed by atoms with Gasteiger partial charge in [-0.2, -0.15) is 8.42 Å². The molecular formula is C21H25N3O3S. The van der Waals surface area contributed by atoms with Crippen LogP contribution in [-0.2, 0) is 22.2 Å². The Morgan fingerprint density at radius 3 is 2.43 bits per heavy atom. The summed E-state index contributed by atoms with van der Waals surface area (Å²) in [5.41, 5.74) is 0.811. The number of nitrogens with one attached hydrogen (secondary N) is 1. The first-order valence-corrected chi connectivity index (χ1v) is 10.6. The number of aryl methyl sites for hydroxylation is 1. The highest BCUT2D eigenvalue weighted by molar-refractivity contribution is 7.87. The summed E-state index contributed by atoms with van der Waals surface area (Å²) in [5, 5.41) is 3.54. The number of hydrogen-bond donors (Lipinski definition) is 1. The molecule has 3 rings (SSSR count). The first-order valence-electron chi connectivity index (χ1n) is 9.18. The maximum Gasteiger partial charge on any atom is 0.339 e. The molecule has 0 saturated carbocycles. The second-order valence-corrected chi connectivity index (χ2v) is 8.63. The SMILES string of the molecule is CC(C)(NCCCn1ccnc1)c1ccc(OS(=O)(=O)c2ccccc2)cc1. The van der Waals surface area contributed by atoms with Crippen molar-refractivity contribution in [2.45, 2.75) is 37.2 Å². The zero-order valence-corrected chi connectivity index (χ0v) is 16.9. The van der Waals surface area contributed by atoms with E-state index in [0.29, 0.717) is 5.75 Å². The van der Waals surface area contributed by atoms with Gasteiger partial charge in [0.25, 0.3) is 0 Å². The van der Waals surface area contributed by atoms with Crippen molar-refractivity contribution in [2.24, 2.45) is 0 Å². The molecule has 1 heterocycles. The molecule has 0 spiro atoms. The molecule has 6 nitrogen and oxygen atoms in total. The summed E-state index contributed by atoms with van der Waals surface area (Å²) < 4.78 is 31.9. The minimum Gasteiger partial charge on any atom is -0.379 e. The largest absolute Gasteiger partial charge is 0.379 e. The van der Waals surface area contributed by atoms with Gasteiger partial charge >= 0.3 is 10.1 Å². The molecule has 28 heavy (non-hydrogen) atoms. The molecule has 7 heteroatoms. The van der Waals surface area contributed by atoms with Gasteiger partial charge in [0.1, 0.15) is 10.6 Å². The van der Waals surface area contributed by atoms with Gasteiger partial charge in [-0.3, -0.25) is 0 Å². The van der Waals surface area contributed by atoms with Crippen LogP contribution in [0.3, 0.4) is 0 Å². The second-order valence-electron chi connectivity index (χ2n) is 7.08. The van der Waals surface area contributed by atoms with E-state index < -0.39 is 10.1 Å². The van der Waals surface area contributed by atoms with Crippen molar-refractivity contribution in [3.8, 4) is 5.75 Å². The molecule has 0 atom stereocenters. The minimum absolute atomic E-state index is 0.138. The quantitative estimate of drug-likeness (QED) is 0.440. The van der Waals surface area contributed by atoms with Crippen LogP contribution in [0, 0.1) is 0 Å². The molecule has 0 aliphatic heterocycles. The Balaban J connectivity index is 1.58. The molecular weight excluding hydrogens is 374 g/mol. The van der Waals surface area contributed by atoms with Crippen LogP contribution in [0.15, 0.2) is 78.2 Å². The van der Waals surface area contributed by atoms with Gasteiger partial charge in [0, 0.05) is 24.5 Å². The lowest BCUT2D eigenvalue weighted by Gasteiger charge is -2.27. The van der Waals surface area contributed by atoms with E-state index in [1.165, 1.54) is 12.1 Å². The van der Waals surface area contributed by atoms with Crippen molar-refractivity contribution in [3.63, 3.8) is 0 Å². The van der Waals surface area contributed by atoms with E-state index in [4.69, 9.17) is 4.18 Å². The summed E-state index contributed by atoms with van der Waals surface area (Å²) >= 11 is 0. The lowest BCUT2D eigenvalue weighted by atomic mass is 9.94. The lowest BCUT2D eigenvalue weighted by molar-refractivity contribution is 0.392. The van der Waals surface area contributed by atoms with Gasteiger partial charge in [0.15, 0.2) is 0 Å². The first-order chi connectivity index (χ1) is 13.4. The molecule has 0 radical (unpaired) electrons. The predicted octanol–water partition coefficient (Wildman–Crippen LogP) is 3.57. The van der Waals surface area contributed by atoms with Crippen LogP contribution in [0.2, 0.25) is 0 Å². The molecule has 148 valence electrons. The molecule has 1 aromatic heterocycles. The van der Waals surface area contributed by atoms with Crippen molar-refractivity contribution < 1.29 is 12.6 Å². The molecule has 0 amide bonds. The van der Waals surface area contributed by atoms with E-state index >= 15 is 0 Å². The van der Waals surface area contributed by atoms with Crippen LogP contribution >= 0.6 is 0 Å². The Labute approximate surface area is 166 Å². The standard InChI is InChI=1S/C21H25N3O3S/c1-21(2,23-13-6-15-24-16-14-22-17-24)18-9-11-19(12-10-18)27-28(25,26)20-7-4-3-5-8-20/h3-5,7-12,14,16-17,23H,6,13,15H2,1-2H3. The summed E-state index contributed by atoms with van der Waals surface area (Å²) in [5.74, 6) is 0.295. The van der Waals surface area contributed by atoms with Crippen molar-refractivity contribution in [1.82, 2.24) is 14.9 Å². The van der Waals surface area contributed by atoms with E-state index in [9.17, 15) is 8.42 Å². The van der Waals surface area contributed by atoms with Gasteiger partial charge in [-0.1, -0.05) is 30.3 Å². The van der Waals surface area contributed by atoms with Crippen molar-refractivity contribution in [3.05, 3.63) is 78.9 Å². The number of hydrogen-bond acceptors (Lipinski definition) is 5. The van der Waals surface area contributed by atoms with Gasteiger partial charge in [0.05, 0.1) is 6.33 Å². The van der Waals surface area contributed by atoms with E-state index in [-0.39, 0.29) is 10.4 Å². The summed E-state index contributed by atoms with van der Waals surface area (Å²) in [6, 6.07) is 15.3. The zero-order chi connectivity index (χ0) is 20.0. The first kappa shape index (κ1) is 20.1. The Bertz CT molecular complexity index is 968. The van der Waals surface area contributed by atoms with Gasteiger partial charge in [-0.15, -0.1) is 0 Å². The van der Waals surface area contributed by atoms with Gasteiger partial charge in [0.2, 0.25) is 0 Å². The number of rotatable bonds is 9. The molecule has 0 saturated heterocycles. The van der Waals surface area contributed by atoms with Crippen LogP contribution in [0.1, 0.15) is 25.8 Å². The number of imidazole rings is 1. The molecule has 3 aromatic rings. The summed E-state index contributed by atoms with van der Waals surface area (Å²) in [4.78, 5) is 4.18. The highest BCUT2D eigenvalue weighted by Gasteiger charge is 2.20. The zero-order valence-electron chi connectivity index (χ0n) is 16.1. The van der Waals surface area contributed by atoms with Crippen LogP contribution in [0.4, 0.5) is 0 Å². The number of benzene rings is 2. The average Bonchev–Trinajstić information content (AvgIpc) is 3.20. The van der Waals surface area contributed by atoms with Crippen molar-refractivity contribution in [1.29, 1.82) is 0 Å². The number of nitrogens with zero attached hydrogens (tertiary/aromatic N) is 2. The maximum absolute atomic E-state index is 12.3.